The van der Waals surface area contributed by atoms with Crippen molar-refractivity contribution in [3.63, 3.8) is 0 Å². The fraction of sp³-hybridized carbons (Fsp3) is 0.292. The van der Waals surface area contributed by atoms with Crippen LogP contribution < -0.4 is 10.1 Å². The molecular formula is C24H26N2O4S. The summed E-state index contributed by atoms with van der Waals surface area (Å²) in [4.78, 5) is 38.6. The smallest absolute Gasteiger partial charge is 0.294 e. The van der Waals surface area contributed by atoms with Crippen LogP contribution in [0, 0.1) is 0 Å². The van der Waals surface area contributed by atoms with Crippen LogP contribution in [0.5, 0.6) is 5.75 Å². The molecule has 1 aliphatic rings. The maximum atomic E-state index is 12.6. The largest absolute Gasteiger partial charge is 0.494 e. The lowest BCUT2D eigenvalue weighted by Crippen LogP contribution is -2.36. The maximum Gasteiger partial charge on any atom is 0.294 e. The van der Waals surface area contributed by atoms with E-state index in [0.29, 0.717) is 23.1 Å². The van der Waals surface area contributed by atoms with Gasteiger partial charge in [0, 0.05) is 5.69 Å². The maximum absolute atomic E-state index is 12.6. The van der Waals surface area contributed by atoms with Gasteiger partial charge in [-0.1, -0.05) is 45.0 Å². The van der Waals surface area contributed by atoms with E-state index >= 15 is 0 Å². The molecule has 7 heteroatoms. The Kier molecular flexibility index (Phi) is 7.52. The van der Waals surface area contributed by atoms with Crippen molar-refractivity contribution in [2.75, 3.05) is 18.5 Å². The summed E-state index contributed by atoms with van der Waals surface area (Å²) in [6.07, 6.45) is 2.57. The molecule has 0 atom stereocenters. The van der Waals surface area contributed by atoms with Gasteiger partial charge >= 0.3 is 0 Å². The van der Waals surface area contributed by atoms with Gasteiger partial charge in [-0.05, 0) is 65.6 Å². The van der Waals surface area contributed by atoms with Crippen molar-refractivity contribution in [2.24, 2.45) is 0 Å². The van der Waals surface area contributed by atoms with Crippen LogP contribution in [0.15, 0.2) is 53.4 Å². The van der Waals surface area contributed by atoms with Crippen LogP contribution in [0.25, 0.3) is 6.08 Å². The predicted octanol–water partition coefficient (Wildman–Crippen LogP) is 5.27. The van der Waals surface area contributed by atoms with Gasteiger partial charge in [0.05, 0.1) is 11.5 Å². The second-order valence-electron chi connectivity index (χ2n) is 7.51. The minimum Gasteiger partial charge on any atom is -0.494 e. The third-order valence-electron chi connectivity index (χ3n) is 4.69. The number of imide groups is 1. The Morgan fingerprint density at radius 1 is 1.10 bits per heavy atom. The van der Waals surface area contributed by atoms with Crippen LogP contribution in [0.3, 0.4) is 0 Å². The molecule has 3 amide bonds. The second kappa shape index (κ2) is 10.3. The van der Waals surface area contributed by atoms with Crippen molar-refractivity contribution in [3.05, 3.63) is 64.6 Å². The molecule has 0 spiro atoms. The molecule has 0 aromatic heterocycles. The molecule has 0 radical (unpaired) electrons. The number of benzene rings is 2. The summed E-state index contributed by atoms with van der Waals surface area (Å²) in [5, 5.41) is 2.28. The molecule has 6 nitrogen and oxygen atoms in total. The summed E-state index contributed by atoms with van der Waals surface area (Å²) in [6, 6.07) is 14.8. The monoisotopic (exact) mass is 438 g/mol. The number of hydrogen-bond donors (Lipinski definition) is 1. The number of nitrogens with zero attached hydrogens (tertiary/aromatic N) is 1. The average Bonchev–Trinajstić information content (AvgIpc) is 3.01. The molecule has 1 N–H and O–H groups in total. The summed E-state index contributed by atoms with van der Waals surface area (Å²) >= 11 is 0.835. The topological polar surface area (TPSA) is 75.7 Å². The lowest BCUT2D eigenvalue weighted by molar-refractivity contribution is -0.127. The second-order valence-corrected chi connectivity index (χ2v) is 8.50. The van der Waals surface area contributed by atoms with Gasteiger partial charge in [0.15, 0.2) is 0 Å². The predicted molar refractivity (Wildman–Crippen MR) is 124 cm³/mol. The first-order chi connectivity index (χ1) is 14.9. The van der Waals surface area contributed by atoms with Crippen molar-refractivity contribution in [3.8, 4) is 5.75 Å². The van der Waals surface area contributed by atoms with Crippen molar-refractivity contribution < 1.29 is 19.1 Å². The Morgan fingerprint density at radius 2 is 1.77 bits per heavy atom. The Bertz CT molecular complexity index is 982. The molecule has 2 aromatic rings. The van der Waals surface area contributed by atoms with Crippen molar-refractivity contribution >= 4 is 40.6 Å². The highest BCUT2D eigenvalue weighted by Gasteiger charge is 2.36. The molecule has 162 valence electrons. The van der Waals surface area contributed by atoms with E-state index < -0.39 is 17.1 Å². The van der Waals surface area contributed by atoms with Crippen LogP contribution in [-0.2, 0) is 9.59 Å². The summed E-state index contributed by atoms with van der Waals surface area (Å²) in [7, 11) is 0. The Labute approximate surface area is 186 Å². The zero-order valence-electron chi connectivity index (χ0n) is 17.9. The zero-order chi connectivity index (χ0) is 22.4. The number of thioether (sulfide) groups is 1. The molecule has 0 unspecified atom stereocenters. The van der Waals surface area contributed by atoms with E-state index in [1.165, 1.54) is 5.56 Å². The lowest BCUT2D eigenvalue weighted by Gasteiger charge is -2.13. The van der Waals surface area contributed by atoms with Crippen LogP contribution in [0.4, 0.5) is 10.5 Å². The summed E-state index contributed by atoms with van der Waals surface area (Å²) in [5.74, 6) is 0.266. The Morgan fingerprint density at radius 3 is 2.39 bits per heavy atom. The van der Waals surface area contributed by atoms with Gasteiger partial charge in [0.25, 0.3) is 11.1 Å². The van der Waals surface area contributed by atoms with Crippen molar-refractivity contribution in [1.82, 2.24) is 4.90 Å². The van der Waals surface area contributed by atoms with E-state index in [9.17, 15) is 14.4 Å². The zero-order valence-corrected chi connectivity index (χ0v) is 18.7. The number of carbonyl (C=O) groups is 3. The third-order valence-corrected chi connectivity index (χ3v) is 5.59. The van der Waals surface area contributed by atoms with Gasteiger partial charge in [-0.15, -0.1) is 0 Å². The number of rotatable bonds is 8. The highest BCUT2D eigenvalue weighted by molar-refractivity contribution is 8.18. The fourth-order valence-corrected chi connectivity index (χ4v) is 3.80. The summed E-state index contributed by atoms with van der Waals surface area (Å²) in [5.41, 5.74) is 2.57. The summed E-state index contributed by atoms with van der Waals surface area (Å²) < 4.78 is 5.55. The first kappa shape index (κ1) is 22.6. The molecule has 31 heavy (non-hydrogen) atoms. The highest BCUT2D eigenvalue weighted by Crippen LogP contribution is 2.32. The molecule has 0 aliphatic carbocycles. The Hall–Kier alpha value is -3.06. The molecular weight excluding hydrogens is 412 g/mol. The van der Waals surface area contributed by atoms with Crippen molar-refractivity contribution in [2.45, 2.75) is 33.1 Å². The van der Waals surface area contributed by atoms with Crippen LogP contribution in [0.1, 0.15) is 44.2 Å². The average molecular weight is 439 g/mol. The molecule has 1 aliphatic heterocycles. The number of nitrogens with one attached hydrogen (secondary N) is 1. The van der Waals surface area contributed by atoms with E-state index in [1.54, 1.807) is 6.08 Å². The van der Waals surface area contributed by atoms with Crippen molar-refractivity contribution in [1.29, 1.82) is 0 Å². The molecule has 2 aromatic carbocycles. The standard InChI is InChI=1S/C24H26N2O4S/c1-4-13-30-20-11-5-17(6-12-20)14-21-23(28)26(24(29)31-21)15-22(27)25-19-9-7-18(8-10-19)16(2)3/h5-12,14,16H,4,13,15H2,1-3H3,(H,25,27)/b21-14-. The normalized spacial score (nSPS) is 15.1. The van der Waals surface area contributed by atoms with E-state index in [1.807, 2.05) is 55.5 Å². The van der Waals surface area contributed by atoms with Gasteiger partial charge in [-0.2, -0.15) is 0 Å². The number of carbonyl (C=O) groups excluding carboxylic acids is 3. The van der Waals surface area contributed by atoms with Gasteiger partial charge in [0.1, 0.15) is 12.3 Å². The quantitative estimate of drug-likeness (QED) is 0.568. The number of amides is 3. The van der Waals surface area contributed by atoms with Crippen LogP contribution >= 0.6 is 11.8 Å². The first-order valence-corrected chi connectivity index (χ1v) is 11.1. The van der Waals surface area contributed by atoms with E-state index in [4.69, 9.17) is 4.74 Å². The van der Waals surface area contributed by atoms with Crippen LogP contribution in [-0.4, -0.2) is 35.1 Å². The van der Waals surface area contributed by atoms with Gasteiger partial charge in [-0.3, -0.25) is 19.3 Å². The number of ether oxygens (including phenoxy) is 1. The van der Waals surface area contributed by atoms with Crippen LogP contribution in [0.2, 0.25) is 0 Å². The SMILES string of the molecule is CCCOc1ccc(/C=C2\SC(=O)N(CC(=O)Nc3ccc(C(C)C)cc3)C2=O)cc1. The van der Waals surface area contributed by atoms with E-state index in [0.717, 1.165) is 34.4 Å². The molecule has 0 saturated carbocycles. The summed E-state index contributed by atoms with van der Waals surface area (Å²) in [6.45, 7) is 6.54. The molecule has 0 bridgehead atoms. The highest BCUT2D eigenvalue weighted by atomic mass is 32.2. The molecule has 1 heterocycles. The van der Waals surface area contributed by atoms with E-state index in [-0.39, 0.29) is 6.54 Å². The lowest BCUT2D eigenvalue weighted by atomic mass is 10.0. The third kappa shape index (κ3) is 5.98. The molecule has 1 fully saturated rings. The van der Waals surface area contributed by atoms with Gasteiger partial charge in [0.2, 0.25) is 5.91 Å². The first-order valence-electron chi connectivity index (χ1n) is 10.3. The number of anilines is 1. The van der Waals surface area contributed by atoms with Gasteiger partial charge < -0.3 is 10.1 Å². The molecule has 1 saturated heterocycles. The number of hydrogen-bond acceptors (Lipinski definition) is 5. The van der Waals surface area contributed by atoms with E-state index in [2.05, 4.69) is 19.2 Å². The minimum atomic E-state index is -0.466. The van der Waals surface area contributed by atoms with Gasteiger partial charge in [-0.25, -0.2) is 0 Å². The Balaban J connectivity index is 1.61. The molecule has 3 rings (SSSR count). The minimum absolute atomic E-state index is 0.293. The fourth-order valence-electron chi connectivity index (χ4n) is 2.96.